The molecule has 1 heterocycles. The second kappa shape index (κ2) is 6.80. The molecule has 6 heteroatoms. The highest BCUT2D eigenvalue weighted by atomic mass is 35.5. The van der Waals surface area contributed by atoms with Crippen molar-refractivity contribution in [3.63, 3.8) is 0 Å². The summed E-state index contributed by atoms with van der Waals surface area (Å²) in [6.07, 6.45) is 2.26. The smallest absolute Gasteiger partial charge is 0.233 e. The molecule has 0 spiro atoms. The lowest BCUT2D eigenvalue weighted by molar-refractivity contribution is -0.125. The maximum absolute atomic E-state index is 13.3. The highest BCUT2D eigenvalue weighted by molar-refractivity contribution is 7.13. The summed E-state index contributed by atoms with van der Waals surface area (Å²) in [5.74, 6) is -0.245. The predicted molar refractivity (Wildman–Crippen MR) is 107 cm³/mol. The Morgan fingerprint density at radius 1 is 1.33 bits per heavy atom. The van der Waals surface area contributed by atoms with Crippen molar-refractivity contribution in [1.29, 1.82) is 5.26 Å². The number of nitrogens with zero attached hydrogens (tertiary/aromatic N) is 2. The molecule has 0 bridgehead atoms. The predicted octanol–water partition coefficient (Wildman–Crippen LogP) is 5.00. The van der Waals surface area contributed by atoms with Gasteiger partial charge in [-0.1, -0.05) is 29.8 Å². The van der Waals surface area contributed by atoms with Gasteiger partial charge in [-0.2, -0.15) is 5.26 Å². The molecule has 4 nitrogen and oxygen atoms in total. The van der Waals surface area contributed by atoms with Gasteiger partial charge in [0.1, 0.15) is 0 Å². The number of amides is 1. The van der Waals surface area contributed by atoms with Crippen LogP contribution in [0.25, 0.3) is 0 Å². The molecule has 0 saturated heterocycles. The summed E-state index contributed by atoms with van der Waals surface area (Å²) in [6.45, 7) is 1.97. The molecule has 134 valence electrons. The van der Waals surface area contributed by atoms with Crippen LogP contribution >= 0.6 is 22.9 Å². The molecule has 2 aromatic carbocycles. The molecule has 0 saturated carbocycles. The van der Waals surface area contributed by atoms with E-state index in [-0.39, 0.29) is 11.8 Å². The number of hydrogen-bond donors (Lipinski definition) is 1. The number of thiazole rings is 1. The lowest BCUT2D eigenvalue weighted by Gasteiger charge is -2.31. The molecule has 1 aliphatic rings. The van der Waals surface area contributed by atoms with Crippen molar-refractivity contribution >= 4 is 34.0 Å². The minimum Gasteiger partial charge on any atom is -0.301 e. The first-order valence-corrected chi connectivity index (χ1v) is 9.76. The number of hydrogen-bond acceptors (Lipinski definition) is 4. The maximum atomic E-state index is 13.3. The Kier molecular flexibility index (Phi) is 4.47. The first-order valence-electron chi connectivity index (χ1n) is 8.50. The first kappa shape index (κ1) is 17.7. The minimum atomic E-state index is -0.699. The highest BCUT2D eigenvalue weighted by Crippen LogP contribution is 2.51. The molecule has 0 unspecified atom stereocenters. The van der Waals surface area contributed by atoms with Crippen LogP contribution in [0, 0.1) is 16.7 Å². The van der Waals surface area contributed by atoms with Gasteiger partial charge in [0, 0.05) is 22.5 Å². The van der Waals surface area contributed by atoms with Crippen molar-refractivity contribution < 1.29 is 4.79 Å². The zero-order chi connectivity index (χ0) is 19.0. The fourth-order valence-electron chi connectivity index (χ4n) is 3.87. The molecule has 3 aromatic rings. The topological polar surface area (TPSA) is 65.8 Å². The van der Waals surface area contributed by atoms with E-state index in [4.69, 9.17) is 11.6 Å². The zero-order valence-corrected chi connectivity index (χ0v) is 16.1. The van der Waals surface area contributed by atoms with E-state index in [9.17, 15) is 10.1 Å². The minimum absolute atomic E-state index is 0.0768. The average Bonchev–Trinajstić information content (AvgIpc) is 3.27. The standard InChI is InChI=1S/C21H16ClN3OS/c1-21(19(26)25-20-24-8-9-27-20)11-15-3-2-13(12-23)10-17(15)18(21)14-4-6-16(22)7-5-14/h2-10,18H,11H2,1H3,(H,24,25,26)/t18-,21+/m0/s1. The van der Waals surface area contributed by atoms with Gasteiger partial charge in [0.05, 0.1) is 17.0 Å². The van der Waals surface area contributed by atoms with Crippen LogP contribution in [-0.4, -0.2) is 10.9 Å². The molecular formula is C21H16ClN3OS. The number of benzene rings is 2. The fourth-order valence-corrected chi connectivity index (χ4v) is 4.52. The molecule has 1 aromatic heterocycles. The quantitative estimate of drug-likeness (QED) is 0.680. The largest absolute Gasteiger partial charge is 0.301 e. The summed E-state index contributed by atoms with van der Waals surface area (Å²) in [6, 6.07) is 15.4. The molecule has 1 N–H and O–H groups in total. The summed E-state index contributed by atoms with van der Waals surface area (Å²) < 4.78 is 0. The van der Waals surface area contributed by atoms with Crippen LogP contribution in [0.2, 0.25) is 5.02 Å². The number of rotatable bonds is 3. The van der Waals surface area contributed by atoms with E-state index >= 15 is 0 Å². The normalized spacial score (nSPS) is 20.7. The number of carbonyl (C=O) groups excluding carboxylic acids is 1. The third-order valence-electron chi connectivity index (χ3n) is 5.16. The Hall–Kier alpha value is -2.68. The average molecular weight is 394 g/mol. The molecule has 1 amide bonds. The molecule has 0 radical (unpaired) electrons. The van der Waals surface area contributed by atoms with Gasteiger partial charge in [0.25, 0.3) is 0 Å². The van der Waals surface area contributed by atoms with Crippen molar-refractivity contribution in [2.45, 2.75) is 19.3 Å². The van der Waals surface area contributed by atoms with Crippen LogP contribution in [-0.2, 0) is 11.2 Å². The lowest BCUT2D eigenvalue weighted by atomic mass is 9.73. The Bertz CT molecular complexity index is 1040. The summed E-state index contributed by atoms with van der Waals surface area (Å²) in [4.78, 5) is 17.4. The van der Waals surface area contributed by atoms with Crippen molar-refractivity contribution in [2.24, 2.45) is 5.41 Å². The third kappa shape index (κ3) is 3.12. The van der Waals surface area contributed by atoms with Crippen LogP contribution in [0.15, 0.2) is 54.0 Å². The molecular weight excluding hydrogens is 378 g/mol. The van der Waals surface area contributed by atoms with Crippen LogP contribution in [0.4, 0.5) is 5.13 Å². The van der Waals surface area contributed by atoms with Crippen molar-refractivity contribution in [3.05, 3.63) is 81.3 Å². The van der Waals surface area contributed by atoms with Crippen LogP contribution in [0.5, 0.6) is 0 Å². The molecule has 27 heavy (non-hydrogen) atoms. The van der Waals surface area contributed by atoms with Gasteiger partial charge >= 0.3 is 0 Å². The van der Waals surface area contributed by atoms with Crippen molar-refractivity contribution in [1.82, 2.24) is 4.98 Å². The van der Waals surface area contributed by atoms with Crippen molar-refractivity contribution in [3.8, 4) is 6.07 Å². The number of nitrogens with one attached hydrogen (secondary N) is 1. The summed E-state index contributed by atoms with van der Waals surface area (Å²) >= 11 is 7.46. The van der Waals surface area contributed by atoms with Gasteiger partial charge in [-0.05, 0) is 54.3 Å². The van der Waals surface area contributed by atoms with Crippen LogP contribution in [0.3, 0.4) is 0 Å². The summed E-state index contributed by atoms with van der Waals surface area (Å²) in [7, 11) is 0. The fraction of sp³-hybridized carbons (Fsp3) is 0.190. The Labute approximate surface area is 166 Å². The zero-order valence-electron chi connectivity index (χ0n) is 14.6. The Morgan fingerprint density at radius 2 is 2.11 bits per heavy atom. The van der Waals surface area contributed by atoms with Crippen LogP contribution < -0.4 is 5.32 Å². The number of anilines is 1. The maximum Gasteiger partial charge on any atom is 0.233 e. The molecule has 1 aliphatic carbocycles. The lowest BCUT2D eigenvalue weighted by Crippen LogP contribution is -2.37. The first-order chi connectivity index (χ1) is 13.0. The van der Waals surface area contributed by atoms with Gasteiger partial charge in [-0.25, -0.2) is 4.98 Å². The van der Waals surface area contributed by atoms with E-state index in [1.54, 1.807) is 6.20 Å². The second-order valence-electron chi connectivity index (χ2n) is 6.90. The van der Waals surface area contributed by atoms with E-state index in [1.165, 1.54) is 11.3 Å². The summed E-state index contributed by atoms with van der Waals surface area (Å²) in [5, 5.41) is 15.3. The van der Waals surface area contributed by atoms with Gasteiger partial charge in [-0.3, -0.25) is 4.79 Å². The van der Waals surface area contributed by atoms with Crippen LogP contribution in [0.1, 0.15) is 35.1 Å². The summed E-state index contributed by atoms with van der Waals surface area (Å²) in [5.41, 5.74) is 3.01. The van der Waals surface area contributed by atoms with E-state index in [0.717, 1.165) is 16.7 Å². The number of fused-ring (bicyclic) bond motifs is 1. The molecule has 0 fully saturated rings. The van der Waals surface area contributed by atoms with Gasteiger partial charge in [-0.15, -0.1) is 11.3 Å². The van der Waals surface area contributed by atoms with Gasteiger partial charge < -0.3 is 5.32 Å². The van der Waals surface area contributed by atoms with E-state index < -0.39 is 5.41 Å². The van der Waals surface area contributed by atoms with E-state index in [1.807, 2.05) is 54.8 Å². The van der Waals surface area contributed by atoms with Crippen molar-refractivity contribution in [2.75, 3.05) is 5.32 Å². The number of halogens is 1. The molecule has 2 atom stereocenters. The number of aromatic nitrogens is 1. The number of carbonyl (C=O) groups is 1. The van der Waals surface area contributed by atoms with Gasteiger partial charge in [0.15, 0.2) is 5.13 Å². The SMILES string of the molecule is C[C@@]1(C(=O)Nc2nccs2)Cc2ccc(C#N)cc2[C@@H]1c1ccc(Cl)cc1. The number of nitriles is 1. The second-order valence-corrected chi connectivity index (χ2v) is 8.23. The van der Waals surface area contributed by atoms with E-state index in [2.05, 4.69) is 16.4 Å². The molecule has 4 rings (SSSR count). The Morgan fingerprint density at radius 3 is 2.78 bits per heavy atom. The third-order valence-corrected chi connectivity index (χ3v) is 6.10. The highest BCUT2D eigenvalue weighted by Gasteiger charge is 2.49. The molecule has 0 aliphatic heterocycles. The van der Waals surface area contributed by atoms with Gasteiger partial charge in [0.2, 0.25) is 5.91 Å². The monoisotopic (exact) mass is 393 g/mol. The van der Waals surface area contributed by atoms with E-state index in [0.29, 0.717) is 22.1 Å². The Balaban J connectivity index is 1.81.